The van der Waals surface area contributed by atoms with Crippen molar-refractivity contribution in [3.63, 3.8) is 0 Å². The minimum absolute atomic E-state index is 0.0751. The number of esters is 1. The van der Waals surface area contributed by atoms with E-state index in [9.17, 15) is 26.4 Å². The lowest BCUT2D eigenvalue weighted by molar-refractivity contribution is -0.139. The van der Waals surface area contributed by atoms with Crippen LogP contribution in [0.3, 0.4) is 0 Å². The quantitative estimate of drug-likeness (QED) is 0.591. The summed E-state index contributed by atoms with van der Waals surface area (Å²) in [6.45, 7) is 5.76. The second-order valence-electron chi connectivity index (χ2n) is 3.67. The molecule has 0 aliphatic heterocycles. The molecule has 0 rings (SSSR count). The summed E-state index contributed by atoms with van der Waals surface area (Å²) >= 11 is 0. The van der Waals surface area contributed by atoms with E-state index in [1.807, 2.05) is 0 Å². The third-order valence-corrected chi connectivity index (χ3v) is 3.12. The van der Waals surface area contributed by atoms with E-state index in [4.69, 9.17) is 0 Å². The molecule has 0 aromatic carbocycles. The Morgan fingerprint density at radius 1 is 1.44 bits per heavy atom. The average molecular weight is 289 g/mol. The molecular weight excluding hydrogens is 275 g/mol. The molecule has 0 bridgehead atoms. The van der Waals surface area contributed by atoms with Crippen molar-refractivity contribution < 1.29 is 31.1 Å². The monoisotopic (exact) mass is 289 g/mol. The maximum atomic E-state index is 12.0. The van der Waals surface area contributed by atoms with E-state index >= 15 is 0 Å². The van der Waals surface area contributed by atoms with E-state index < -0.39 is 27.5 Å². The number of hydrogen-bond acceptors (Lipinski definition) is 4. The summed E-state index contributed by atoms with van der Waals surface area (Å²) in [7, 11) is -5.37. The van der Waals surface area contributed by atoms with Gasteiger partial charge in [-0.15, -0.1) is 0 Å². The number of ether oxygens (including phenoxy) is 1. The Balaban J connectivity index is 4.19. The first-order chi connectivity index (χ1) is 7.97. The maximum Gasteiger partial charge on any atom is 0.511 e. The molecule has 0 fully saturated rings. The Morgan fingerprint density at radius 2 is 1.94 bits per heavy atom. The Labute approximate surface area is 103 Å². The number of nitrogens with one attached hydrogen (secondary N) is 1. The van der Waals surface area contributed by atoms with Gasteiger partial charge in [-0.2, -0.15) is 13.2 Å². The van der Waals surface area contributed by atoms with E-state index in [-0.39, 0.29) is 18.6 Å². The van der Waals surface area contributed by atoms with Gasteiger partial charge in [0.25, 0.3) is 0 Å². The Morgan fingerprint density at radius 3 is 2.33 bits per heavy atom. The van der Waals surface area contributed by atoms with Gasteiger partial charge in [0, 0.05) is 11.6 Å². The minimum atomic E-state index is -5.37. The molecule has 0 heterocycles. The largest absolute Gasteiger partial charge is 0.511 e. The van der Waals surface area contributed by atoms with E-state index in [0.29, 0.717) is 0 Å². The summed E-state index contributed by atoms with van der Waals surface area (Å²) in [5.41, 5.74) is -5.20. The van der Waals surface area contributed by atoms with Crippen molar-refractivity contribution in [2.75, 3.05) is 6.61 Å². The van der Waals surface area contributed by atoms with Crippen LogP contribution >= 0.6 is 0 Å². The zero-order valence-electron chi connectivity index (χ0n) is 9.87. The number of rotatable bonds is 6. The van der Waals surface area contributed by atoms with Crippen LogP contribution in [0.4, 0.5) is 13.2 Å². The number of carbonyl (C=O) groups excluding carboxylic acids is 1. The first-order valence-corrected chi connectivity index (χ1v) is 6.37. The molecule has 1 N–H and O–H groups in total. The van der Waals surface area contributed by atoms with Crippen molar-refractivity contribution in [2.45, 2.75) is 31.8 Å². The predicted molar refractivity (Wildman–Crippen MR) is 58.0 cm³/mol. The summed E-state index contributed by atoms with van der Waals surface area (Å²) in [4.78, 5) is 10.9. The van der Waals surface area contributed by atoms with Gasteiger partial charge in [0.2, 0.25) is 0 Å². The number of hydrogen-bond donors (Lipinski definition) is 1. The molecule has 0 spiro atoms. The maximum absolute atomic E-state index is 12.0. The lowest BCUT2D eigenvalue weighted by Gasteiger charge is -2.15. The normalized spacial score (nSPS) is 14.1. The second-order valence-corrected chi connectivity index (χ2v) is 5.38. The molecule has 0 aliphatic carbocycles. The van der Waals surface area contributed by atoms with E-state index in [2.05, 4.69) is 11.3 Å². The van der Waals surface area contributed by atoms with E-state index in [1.165, 1.54) is 18.6 Å². The molecule has 1 atom stereocenters. The first-order valence-electron chi connectivity index (χ1n) is 4.88. The fourth-order valence-electron chi connectivity index (χ4n) is 0.842. The predicted octanol–water partition coefficient (Wildman–Crippen LogP) is 1.32. The average Bonchev–Trinajstić information content (AvgIpc) is 2.14. The molecule has 1 unspecified atom stereocenters. The highest BCUT2D eigenvalue weighted by Crippen LogP contribution is 2.22. The smallest absolute Gasteiger partial charge is 0.462 e. The molecule has 5 nitrogen and oxygen atoms in total. The molecule has 18 heavy (non-hydrogen) atoms. The van der Waals surface area contributed by atoms with Crippen molar-refractivity contribution in [1.29, 1.82) is 0 Å². The van der Waals surface area contributed by atoms with Gasteiger partial charge in [0.05, 0.1) is 6.61 Å². The third kappa shape index (κ3) is 5.50. The zero-order chi connectivity index (χ0) is 14.6. The van der Waals surface area contributed by atoms with Crippen molar-refractivity contribution in [3.8, 4) is 0 Å². The highest BCUT2D eigenvalue weighted by Gasteiger charge is 2.46. The van der Waals surface area contributed by atoms with Gasteiger partial charge in [0.1, 0.15) is 0 Å². The lowest BCUT2D eigenvalue weighted by atomic mass is 10.3. The van der Waals surface area contributed by atoms with Crippen LogP contribution in [-0.4, -0.2) is 32.5 Å². The van der Waals surface area contributed by atoms with Crippen LogP contribution in [0.1, 0.15) is 20.3 Å². The summed E-state index contributed by atoms with van der Waals surface area (Å²) in [5.74, 6) is -0.680. The molecule has 0 aliphatic rings. The molecule has 0 saturated carbocycles. The molecule has 0 aromatic heterocycles. The van der Waals surface area contributed by atoms with Gasteiger partial charge in [-0.25, -0.2) is 17.9 Å². The SMILES string of the molecule is C=C(C)C(=O)OCCC(C)NS(=O)(=O)C(F)(F)F. The molecule has 0 saturated heterocycles. The van der Waals surface area contributed by atoms with Crippen LogP contribution in [-0.2, 0) is 19.6 Å². The van der Waals surface area contributed by atoms with Crippen LogP contribution in [0.5, 0.6) is 0 Å². The molecule has 0 amide bonds. The molecular formula is C9H14F3NO4S. The van der Waals surface area contributed by atoms with E-state index in [1.54, 1.807) is 0 Å². The minimum Gasteiger partial charge on any atom is -0.462 e. The second kappa shape index (κ2) is 6.19. The first kappa shape index (κ1) is 16.9. The van der Waals surface area contributed by atoms with Gasteiger partial charge in [-0.05, 0) is 20.3 Å². The van der Waals surface area contributed by atoms with E-state index in [0.717, 1.165) is 0 Å². The molecule has 0 aromatic rings. The fourth-order valence-corrected chi connectivity index (χ4v) is 1.62. The fraction of sp³-hybridized carbons (Fsp3) is 0.667. The zero-order valence-corrected chi connectivity index (χ0v) is 10.7. The van der Waals surface area contributed by atoms with Crippen molar-refractivity contribution >= 4 is 16.0 Å². The Hall–Kier alpha value is -1.09. The molecule has 9 heteroatoms. The summed E-state index contributed by atoms with van der Waals surface area (Å²) < 4.78 is 63.5. The third-order valence-electron chi connectivity index (χ3n) is 1.79. The van der Waals surface area contributed by atoms with Crippen LogP contribution < -0.4 is 4.72 Å². The summed E-state index contributed by atoms with van der Waals surface area (Å²) in [6, 6.07) is -1.01. The van der Waals surface area contributed by atoms with Crippen LogP contribution in [0.15, 0.2) is 12.2 Å². The molecule has 0 radical (unpaired) electrons. The van der Waals surface area contributed by atoms with Gasteiger partial charge in [-0.1, -0.05) is 6.58 Å². The highest BCUT2D eigenvalue weighted by atomic mass is 32.2. The number of sulfonamides is 1. The highest BCUT2D eigenvalue weighted by molar-refractivity contribution is 7.90. The standard InChI is InChI=1S/C9H14F3NO4S/c1-6(2)8(14)17-5-4-7(3)13-18(15,16)9(10,11)12/h7,13H,1,4-5H2,2-3H3. The number of halogens is 3. The summed E-state index contributed by atoms with van der Waals surface area (Å²) in [5, 5.41) is 0. The van der Waals surface area contributed by atoms with Gasteiger partial charge < -0.3 is 4.74 Å². The molecule has 106 valence electrons. The van der Waals surface area contributed by atoms with Crippen LogP contribution in [0, 0.1) is 0 Å². The van der Waals surface area contributed by atoms with Gasteiger partial charge in [0.15, 0.2) is 0 Å². The van der Waals surface area contributed by atoms with Crippen LogP contribution in [0.25, 0.3) is 0 Å². The number of alkyl halides is 3. The van der Waals surface area contributed by atoms with Crippen molar-refractivity contribution in [2.24, 2.45) is 0 Å². The number of carbonyl (C=O) groups is 1. The van der Waals surface area contributed by atoms with Crippen molar-refractivity contribution in [1.82, 2.24) is 4.72 Å². The Bertz CT molecular complexity index is 416. The Kier molecular flexibility index (Phi) is 5.81. The van der Waals surface area contributed by atoms with Gasteiger partial charge in [-0.3, -0.25) is 0 Å². The van der Waals surface area contributed by atoms with Crippen molar-refractivity contribution in [3.05, 3.63) is 12.2 Å². The van der Waals surface area contributed by atoms with Crippen LogP contribution in [0.2, 0.25) is 0 Å². The van der Waals surface area contributed by atoms with Gasteiger partial charge >= 0.3 is 21.5 Å². The summed E-state index contributed by atoms with van der Waals surface area (Å²) in [6.07, 6.45) is -0.0751. The topological polar surface area (TPSA) is 72.5 Å². The lowest BCUT2D eigenvalue weighted by Crippen LogP contribution is -2.41.